The molecule has 0 fully saturated rings. The third-order valence-corrected chi connectivity index (χ3v) is 2.03. The smallest absolute Gasteiger partial charge is 0.255 e. The molecule has 0 bridgehead atoms. The van der Waals surface area contributed by atoms with Crippen LogP contribution in [0.1, 0.15) is 29.9 Å². The number of hydrogen-bond acceptors (Lipinski definition) is 3. The molecule has 0 unspecified atom stereocenters. The lowest BCUT2D eigenvalue weighted by molar-refractivity contribution is 0.0819. The molecule has 1 heterocycles. The Kier molecular flexibility index (Phi) is 3.47. The van der Waals surface area contributed by atoms with Crippen molar-refractivity contribution < 1.29 is 9.53 Å². The summed E-state index contributed by atoms with van der Waals surface area (Å²) in [5.41, 5.74) is 0.954. The molecule has 0 aliphatic rings. The van der Waals surface area contributed by atoms with Crippen LogP contribution in [0.5, 0.6) is 0 Å². The summed E-state index contributed by atoms with van der Waals surface area (Å²) >= 11 is 0. The lowest BCUT2D eigenvalue weighted by Crippen LogP contribution is -2.46. The van der Waals surface area contributed by atoms with Crippen molar-refractivity contribution >= 4 is 5.91 Å². The first-order valence-corrected chi connectivity index (χ1v) is 4.78. The average molecular weight is 211 g/mol. The maximum atomic E-state index is 11.8. The average Bonchev–Trinajstić information content (AvgIpc) is 2.50. The molecule has 1 aromatic heterocycles. The standard InChI is InChI=1S/C10H17N3O2/c1-7-8(5-11-13-7)9(14)12-10(2,3)6-15-4/h5H,6H2,1-4H3,(H,11,13)(H,12,14). The SMILES string of the molecule is COCC(C)(C)NC(=O)c1cn[nH]c1C. The number of rotatable bonds is 4. The molecule has 0 aliphatic carbocycles. The molecule has 0 saturated heterocycles. The van der Waals surface area contributed by atoms with Crippen molar-refractivity contribution in [3.63, 3.8) is 0 Å². The summed E-state index contributed by atoms with van der Waals surface area (Å²) < 4.78 is 5.02. The van der Waals surface area contributed by atoms with E-state index in [0.29, 0.717) is 12.2 Å². The Morgan fingerprint density at radius 2 is 2.33 bits per heavy atom. The van der Waals surface area contributed by atoms with Gasteiger partial charge in [-0.1, -0.05) is 0 Å². The molecule has 15 heavy (non-hydrogen) atoms. The van der Waals surface area contributed by atoms with Gasteiger partial charge >= 0.3 is 0 Å². The number of aromatic nitrogens is 2. The molecule has 1 amide bonds. The second-order valence-electron chi connectivity index (χ2n) is 4.18. The van der Waals surface area contributed by atoms with E-state index >= 15 is 0 Å². The van der Waals surface area contributed by atoms with Crippen LogP contribution in [0.4, 0.5) is 0 Å². The van der Waals surface area contributed by atoms with Crippen molar-refractivity contribution in [2.24, 2.45) is 0 Å². The molecule has 2 N–H and O–H groups in total. The number of ether oxygens (including phenoxy) is 1. The van der Waals surface area contributed by atoms with Gasteiger partial charge in [0, 0.05) is 12.8 Å². The zero-order chi connectivity index (χ0) is 11.5. The topological polar surface area (TPSA) is 67.0 Å². The van der Waals surface area contributed by atoms with Crippen molar-refractivity contribution in [3.8, 4) is 0 Å². The molecular formula is C10H17N3O2. The van der Waals surface area contributed by atoms with Crippen LogP contribution in [-0.2, 0) is 4.74 Å². The van der Waals surface area contributed by atoms with Gasteiger partial charge in [-0.3, -0.25) is 9.89 Å². The number of hydrogen-bond donors (Lipinski definition) is 2. The van der Waals surface area contributed by atoms with Crippen LogP contribution in [-0.4, -0.2) is 35.4 Å². The lowest BCUT2D eigenvalue weighted by Gasteiger charge is -2.25. The van der Waals surface area contributed by atoms with Crippen molar-refractivity contribution in [3.05, 3.63) is 17.5 Å². The number of methoxy groups -OCH3 is 1. The predicted octanol–water partition coefficient (Wildman–Crippen LogP) is 0.873. The third-order valence-electron chi connectivity index (χ3n) is 2.03. The second kappa shape index (κ2) is 4.44. The fourth-order valence-corrected chi connectivity index (χ4v) is 1.35. The van der Waals surface area contributed by atoms with Crippen LogP contribution in [0.2, 0.25) is 0 Å². The maximum Gasteiger partial charge on any atom is 0.255 e. The minimum absolute atomic E-state index is 0.136. The molecule has 0 atom stereocenters. The highest BCUT2D eigenvalue weighted by atomic mass is 16.5. The van der Waals surface area contributed by atoms with Crippen LogP contribution < -0.4 is 5.32 Å². The Hall–Kier alpha value is -1.36. The number of amides is 1. The van der Waals surface area contributed by atoms with E-state index in [1.54, 1.807) is 7.11 Å². The van der Waals surface area contributed by atoms with Gasteiger partial charge in [0.15, 0.2) is 0 Å². The normalized spacial score (nSPS) is 11.5. The highest BCUT2D eigenvalue weighted by Crippen LogP contribution is 2.07. The molecule has 0 radical (unpaired) electrons. The number of nitrogens with zero attached hydrogens (tertiary/aromatic N) is 1. The Morgan fingerprint density at radius 3 is 2.80 bits per heavy atom. The summed E-state index contributed by atoms with van der Waals surface area (Å²) in [4.78, 5) is 11.8. The lowest BCUT2D eigenvalue weighted by atomic mass is 10.1. The van der Waals surface area contributed by atoms with Gasteiger partial charge in [0.25, 0.3) is 5.91 Å². The summed E-state index contributed by atoms with van der Waals surface area (Å²) in [5.74, 6) is -0.136. The Morgan fingerprint density at radius 1 is 1.67 bits per heavy atom. The minimum Gasteiger partial charge on any atom is -0.382 e. The summed E-state index contributed by atoms with van der Waals surface area (Å²) in [5, 5.41) is 9.40. The van der Waals surface area contributed by atoms with Gasteiger partial charge in [-0.2, -0.15) is 5.10 Å². The monoisotopic (exact) mass is 211 g/mol. The molecule has 5 heteroatoms. The summed E-state index contributed by atoms with van der Waals surface area (Å²) in [6.07, 6.45) is 1.52. The molecular weight excluding hydrogens is 194 g/mol. The van der Waals surface area contributed by atoms with E-state index in [4.69, 9.17) is 4.74 Å². The zero-order valence-corrected chi connectivity index (χ0v) is 9.55. The third kappa shape index (κ3) is 3.06. The largest absolute Gasteiger partial charge is 0.382 e. The van der Waals surface area contributed by atoms with Crippen LogP contribution in [0.15, 0.2) is 6.20 Å². The number of carbonyl (C=O) groups is 1. The highest BCUT2D eigenvalue weighted by molar-refractivity contribution is 5.95. The van der Waals surface area contributed by atoms with Gasteiger partial charge in [0.05, 0.1) is 23.9 Å². The Balaban J connectivity index is 2.68. The summed E-state index contributed by atoms with van der Waals surface area (Å²) in [7, 11) is 1.61. The van der Waals surface area contributed by atoms with Crippen LogP contribution >= 0.6 is 0 Å². The van der Waals surface area contributed by atoms with Crippen molar-refractivity contribution in [2.45, 2.75) is 26.3 Å². The van der Waals surface area contributed by atoms with Gasteiger partial charge in [-0.15, -0.1) is 0 Å². The first-order chi connectivity index (χ1) is 6.96. The highest BCUT2D eigenvalue weighted by Gasteiger charge is 2.22. The number of carbonyl (C=O) groups excluding carboxylic acids is 1. The maximum absolute atomic E-state index is 11.8. The fraction of sp³-hybridized carbons (Fsp3) is 0.600. The van der Waals surface area contributed by atoms with E-state index in [0.717, 1.165) is 5.69 Å². The van der Waals surface area contributed by atoms with E-state index in [1.807, 2.05) is 20.8 Å². The van der Waals surface area contributed by atoms with Gasteiger partial charge in [0.1, 0.15) is 0 Å². The Bertz CT molecular complexity index is 344. The van der Waals surface area contributed by atoms with E-state index in [2.05, 4.69) is 15.5 Å². The molecule has 1 rings (SSSR count). The predicted molar refractivity (Wildman–Crippen MR) is 56.7 cm³/mol. The molecule has 0 saturated carbocycles. The van der Waals surface area contributed by atoms with Gasteiger partial charge in [-0.05, 0) is 20.8 Å². The molecule has 1 aromatic rings. The first-order valence-electron chi connectivity index (χ1n) is 4.78. The first kappa shape index (κ1) is 11.7. The van der Waals surface area contributed by atoms with Crippen LogP contribution in [0.3, 0.4) is 0 Å². The number of nitrogens with one attached hydrogen (secondary N) is 2. The van der Waals surface area contributed by atoms with E-state index in [-0.39, 0.29) is 11.4 Å². The van der Waals surface area contributed by atoms with E-state index in [9.17, 15) is 4.79 Å². The molecule has 5 nitrogen and oxygen atoms in total. The van der Waals surface area contributed by atoms with Crippen molar-refractivity contribution in [1.29, 1.82) is 0 Å². The molecule has 0 aromatic carbocycles. The number of aromatic amines is 1. The van der Waals surface area contributed by atoms with Gasteiger partial charge < -0.3 is 10.1 Å². The van der Waals surface area contributed by atoms with E-state index in [1.165, 1.54) is 6.20 Å². The zero-order valence-electron chi connectivity index (χ0n) is 9.55. The minimum atomic E-state index is -0.379. The van der Waals surface area contributed by atoms with E-state index < -0.39 is 0 Å². The van der Waals surface area contributed by atoms with Crippen molar-refractivity contribution in [2.75, 3.05) is 13.7 Å². The number of aryl methyl sites for hydroxylation is 1. The second-order valence-corrected chi connectivity index (χ2v) is 4.18. The molecule has 84 valence electrons. The van der Waals surface area contributed by atoms with Crippen LogP contribution in [0.25, 0.3) is 0 Å². The van der Waals surface area contributed by atoms with Crippen LogP contribution in [0, 0.1) is 6.92 Å². The fourth-order valence-electron chi connectivity index (χ4n) is 1.35. The summed E-state index contributed by atoms with van der Waals surface area (Å²) in [6, 6.07) is 0. The quantitative estimate of drug-likeness (QED) is 0.776. The molecule has 0 aliphatic heterocycles. The van der Waals surface area contributed by atoms with Gasteiger partial charge in [-0.25, -0.2) is 0 Å². The summed E-state index contributed by atoms with van der Waals surface area (Å²) in [6.45, 7) is 6.09. The molecule has 0 spiro atoms. The van der Waals surface area contributed by atoms with Crippen molar-refractivity contribution in [1.82, 2.24) is 15.5 Å². The Labute approximate surface area is 89.2 Å². The number of H-pyrrole nitrogens is 1. The van der Waals surface area contributed by atoms with Gasteiger partial charge in [0.2, 0.25) is 0 Å².